The minimum Gasteiger partial charge on any atom is -0.459 e. The van der Waals surface area contributed by atoms with E-state index in [0.29, 0.717) is 5.75 Å². The van der Waals surface area contributed by atoms with E-state index in [-0.39, 0.29) is 32.0 Å². The monoisotopic (exact) mass is 608 g/mol. The molecule has 0 heterocycles. The first-order valence-electron chi connectivity index (χ1n) is 15.5. The van der Waals surface area contributed by atoms with Gasteiger partial charge in [-0.05, 0) is 70.3 Å². The molecule has 2 N–H and O–H groups in total. The highest BCUT2D eigenvalue weighted by Gasteiger charge is 2.29. The smallest absolute Gasteiger partial charge is 0.342 e. The number of esters is 2. The lowest BCUT2D eigenvalue weighted by molar-refractivity contribution is -0.147. The van der Waals surface area contributed by atoms with E-state index in [1.807, 2.05) is 98.8 Å². The first-order chi connectivity index (χ1) is 21.7. The maximum absolute atomic E-state index is 13.7. The van der Waals surface area contributed by atoms with E-state index in [0.717, 1.165) is 46.7 Å². The maximum Gasteiger partial charge on any atom is 0.342 e. The number of amides is 2. The third-order valence-electron chi connectivity index (χ3n) is 7.89. The van der Waals surface area contributed by atoms with Crippen LogP contribution in [0, 0.1) is 5.92 Å². The molecule has 2 atom stereocenters. The molecule has 8 nitrogen and oxygen atoms in total. The van der Waals surface area contributed by atoms with Gasteiger partial charge in [0.15, 0.2) is 6.10 Å². The molecule has 5 rings (SSSR count). The number of aliphatic hydroxyl groups is 1. The molecule has 45 heavy (non-hydrogen) atoms. The van der Waals surface area contributed by atoms with Crippen molar-refractivity contribution in [2.45, 2.75) is 58.3 Å². The van der Waals surface area contributed by atoms with Crippen LogP contribution in [0.25, 0.3) is 10.8 Å². The number of hydrogen-bond donors (Lipinski definition) is 2. The van der Waals surface area contributed by atoms with Crippen LogP contribution in [0.5, 0.6) is 5.75 Å². The third-order valence-corrected chi connectivity index (χ3v) is 7.89. The summed E-state index contributed by atoms with van der Waals surface area (Å²) < 4.78 is 11.1. The van der Waals surface area contributed by atoms with Gasteiger partial charge in [0.25, 0.3) is 0 Å². The van der Waals surface area contributed by atoms with Crippen molar-refractivity contribution in [3.05, 3.63) is 113 Å². The Morgan fingerprint density at radius 3 is 2.31 bits per heavy atom. The fraction of sp³-hybridized carbons (Fsp3) is 0.324. The lowest BCUT2D eigenvalue weighted by Gasteiger charge is -2.28. The zero-order valence-corrected chi connectivity index (χ0v) is 25.8. The van der Waals surface area contributed by atoms with Gasteiger partial charge in [0.05, 0.1) is 6.54 Å². The Labute approximate surface area is 264 Å². The predicted octanol–water partition coefficient (Wildman–Crippen LogP) is 5.62. The van der Waals surface area contributed by atoms with E-state index in [9.17, 15) is 19.5 Å². The molecule has 0 radical (unpaired) electrons. The number of carbonyl (C=O) groups is 3. The number of carbonyl (C=O) groups excluding carboxylic acids is 3. The molecular weight excluding hydrogens is 568 g/mol. The van der Waals surface area contributed by atoms with Crippen molar-refractivity contribution >= 4 is 28.7 Å². The number of fused-ring (bicyclic) bond motifs is 2. The van der Waals surface area contributed by atoms with Crippen LogP contribution in [0.1, 0.15) is 42.5 Å². The van der Waals surface area contributed by atoms with Gasteiger partial charge >= 0.3 is 18.0 Å². The van der Waals surface area contributed by atoms with Crippen molar-refractivity contribution in [2.75, 3.05) is 13.1 Å². The molecule has 0 bridgehead atoms. The van der Waals surface area contributed by atoms with Crippen LogP contribution >= 0.6 is 0 Å². The van der Waals surface area contributed by atoms with Gasteiger partial charge in [-0.1, -0.05) is 92.7 Å². The second-order valence-corrected chi connectivity index (χ2v) is 12.0. The summed E-state index contributed by atoms with van der Waals surface area (Å²) in [5, 5.41) is 15.7. The number of urea groups is 1. The van der Waals surface area contributed by atoms with Gasteiger partial charge in [-0.15, -0.1) is 0 Å². The van der Waals surface area contributed by atoms with E-state index < -0.39 is 30.1 Å². The summed E-state index contributed by atoms with van der Waals surface area (Å²) in [7, 11) is 0. The molecule has 0 fully saturated rings. The van der Waals surface area contributed by atoms with Crippen molar-refractivity contribution < 1.29 is 29.0 Å². The number of hydrogen-bond acceptors (Lipinski definition) is 6. The number of benzene rings is 4. The Bertz CT molecular complexity index is 1640. The molecule has 8 heteroatoms. The molecule has 0 spiro atoms. The van der Waals surface area contributed by atoms with Crippen LogP contribution in [-0.4, -0.2) is 53.2 Å². The quantitative estimate of drug-likeness (QED) is 0.160. The second kappa shape index (κ2) is 14.9. The highest BCUT2D eigenvalue weighted by molar-refractivity contribution is 5.86. The summed E-state index contributed by atoms with van der Waals surface area (Å²) in [6, 6.07) is 27.1. The average Bonchev–Trinajstić information content (AvgIpc) is 3.51. The Balaban J connectivity index is 1.29. The fourth-order valence-corrected chi connectivity index (χ4v) is 5.62. The normalized spacial score (nSPS) is 13.6. The molecule has 1 aliphatic carbocycles. The van der Waals surface area contributed by atoms with Crippen LogP contribution in [-0.2, 0) is 40.2 Å². The summed E-state index contributed by atoms with van der Waals surface area (Å²) in [5.41, 5.74) is 4.07. The van der Waals surface area contributed by atoms with Gasteiger partial charge in [0, 0.05) is 13.0 Å². The summed E-state index contributed by atoms with van der Waals surface area (Å²) in [5.74, 6) is -1.03. The summed E-state index contributed by atoms with van der Waals surface area (Å²) in [6.07, 6.45) is 1.62. The number of nitrogens with zero attached hydrogens (tertiary/aromatic N) is 1. The van der Waals surface area contributed by atoms with Gasteiger partial charge in [-0.2, -0.15) is 0 Å². The number of aryl methyl sites for hydroxylation is 2. The van der Waals surface area contributed by atoms with E-state index in [4.69, 9.17) is 9.47 Å². The highest BCUT2D eigenvalue weighted by atomic mass is 16.5. The van der Waals surface area contributed by atoms with Gasteiger partial charge in [0.2, 0.25) is 0 Å². The van der Waals surface area contributed by atoms with Crippen LogP contribution in [0.4, 0.5) is 4.79 Å². The van der Waals surface area contributed by atoms with E-state index >= 15 is 0 Å². The molecule has 0 aromatic heterocycles. The molecule has 4 aromatic carbocycles. The lowest BCUT2D eigenvalue weighted by atomic mass is 10.0. The van der Waals surface area contributed by atoms with Crippen molar-refractivity contribution in [2.24, 2.45) is 5.92 Å². The second-order valence-electron chi connectivity index (χ2n) is 12.0. The van der Waals surface area contributed by atoms with Gasteiger partial charge < -0.3 is 24.8 Å². The molecule has 1 aliphatic rings. The van der Waals surface area contributed by atoms with Gasteiger partial charge in [-0.25, -0.2) is 14.4 Å². The van der Waals surface area contributed by atoms with Crippen LogP contribution in [0.2, 0.25) is 0 Å². The highest BCUT2D eigenvalue weighted by Crippen LogP contribution is 2.26. The Hall–Kier alpha value is -4.69. The number of nitrogens with one attached hydrogen (secondary N) is 1. The first kappa shape index (κ1) is 31.7. The molecule has 4 aromatic rings. The van der Waals surface area contributed by atoms with Crippen molar-refractivity contribution in [3.8, 4) is 5.75 Å². The molecule has 0 aliphatic heterocycles. The standard InChI is InChI=1S/C37H40N2O6/c1-25(2)22-39(23-34(40)36(42)45-32-18-17-29-13-8-14-31(29)21-32)37(43)38-33(35(41)44-24-26-9-4-3-5-10-26)20-27-15-16-28-11-6-7-12-30(28)19-27/h3-7,9-12,15-19,21,25,33-34,40H,8,13-14,20,22-24H2,1-2H3,(H,38,43)/t33-,34?/m0/s1. The third kappa shape index (κ3) is 8.70. The maximum atomic E-state index is 13.7. The fourth-order valence-electron chi connectivity index (χ4n) is 5.62. The molecule has 2 amide bonds. The van der Waals surface area contributed by atoms with Crippen LogP contribution in [0.15, 0.2) is 91.0 Å². The summed E-state index contributed by atoms with van der Waals surface area (Å²) in [6.45, 7) is 3.87. The van der Waals surface area contributed by atoms with E-state index in [1.165, 1.54) is 10.5 Å². The summed E-state index contributed by atoms with van der Waals surface area (Å²) >= 11 is 0. The minimum absolute atomic E-state index is 0.0275. The van der Waals surface area contributed by atoms with Crippen LogP contribution in [0.3, 0.4) is 0 Å². The largest absolute Gasteiger partial charge is 0.459 e. The van der Waals surface area contributed by atoms with Gasteiger partial charge in [0.1, 0.15) is 18.4 Å². The SMILES string of the molecule is CC(C)CN(CC(O)C(=O)Oc1ccc2c(c1)CCC2)C(=O)N[C@@H](Cc1ccc2ccccc2c1)C(=O)OCc1ccccc1. The molecule has 0 saturated carbocycles. The molecule has 0 saturated heterocycles. The number of ether oxygens (including phenoxy) is 2. The first-order valence-corrected chi connectivity index (χ1v) is 15.5. The Morgan fingerprint density at radius 1 is 0.800 bits per heavy atom. The summed E-state index contributed by atoms with van der Waals surface area (Å²) in [4.78, 5) is 41.3. The number of rotatable bonds is 12. The molecule has 234 valence electrons. The Kier molecular flexibility index (Phi) is 10.5. The average molecular weight is 609 g/mol. The van der Waals surface area contributed by atoms with Crippen molar-refractivity contribution in [1.82, 2.24) is 10.2 Å². The van der Waals surface area contributed by atoms with E-state index in [2.05, 4.69) is 5.32 Å². The molecular formula is C37H40N2O6. The predicted molar refractivity (Wildman–Crippen MR) is 173 cm³/mol. The topological polar surface area (TPSA) is 105 Å². The van der Waals surface area contributed by atoms with E-state index in [1.54, 1.807) is 6.07 Å². The van der Waals surface area contributed by atoms with Crippen LogP contribution < -0.4 is 10.1 Å². The number of aliphatic hydroxyl groups excluding tert-OH is 1. The zero-order chi connectivity index (χ0) is 31.8. The van der Waals surface area contributed by atoms with Crippen molar-refractivity contribution in [1.29, 1.82) is 0 Å². The zero-order valence-electron chi connectivity index (χ0n) is 25.8. The van der Waals surface area contributed by atoms with Gasteiger partial charge in [-0.3, -0.25) is 0 Å². The lowest BCUT2D eigenvalue weighted by Crippen LogP contribution is -2.52. The Morgan fingerprint density at radius 2 is 1.53 bits per heavy atom. The molecule has 1 unspecified atom stereocenters. The minimum atomic E-state index is -1.58. The van der Waals surface area contributed by atoms with Crippen molar-refractivity contribution in [3.63, 3.8) is 0 Å².